The zero-order chi connectivity index (χ0) is 13.2. The van der Waals surface area contributed by atoms with Gasteiger partial charge < -0.3 is 15.4 Å². The number of nitrogens with one attached hydrogen (secondary N) is 2. The van der Waals surface area contributed by atoms with E-state index in [4.69, 9.17) is 5.11 Å². The molecule has 102 valence electrons. The van der Waals surface area contributed by atoms with Crippen molar-refractivity contribution in [3.8, 4) is 0 Å². The predicted octanol–water partition coefficient (Wildman–Crippen LogP) is 1.97. The molecule has 0 spiro atoms. The van der Waals surface area contributed by atoms with E-state index in [0.29, 0.717) is 6.42 Å². The Balaban J connectivity index is 2.20. The fraction of sp³-hybridized carbons (Fsp3) is 0.692. The number of hydrogen-bond donors (Lipinski definition) is 3. The molecule has 0 amide bonds. The molecule has 3 N–H and O–H groups in total. The van der Waals surface area contributed by atoms with Gasteiger partial charge in [0.25, 0.3) is 0 Å². The smallest absolute Gasteiger partial charge is 0.321 e. The zero-order valence-electron chi connectivity index (χ0n) is 11.0. The number of H-pyrrole nitrogens is 1. The molecule has 0 saturated heterocycles. The van der Waals surface area contributed by atoms with Gasteiger partial charge in [-0.05, 0) is 13.0 Å². The number of rotatable bonds is 10. The molecule has 5 heteroatoms. The van der Waals surface area contributed by atoms with Crippen LogP contribution in [0.1, 0.15) is 44.7 Å². The first-order chi connectivity index (χ1) is 8.74. The molecular formula is C13H23N3O2. The molecule has 5 nitrogen and oxygen atoms in total. The molecule has 0 fully saturated rings. The number of aliphatic carboxylic acids is 1. The third-order valence-electron chi connectivity index (χ3n) is 2.95. The van der Waals surface area contributed by atoms with Crippen LogP contribution in [-0.4, -0.2) is 33.6 Å². The molecule has 1 atom stereocenters. The van der Waals surface area contributed by atoms with Crippen molar-refractivity contribution in [1.82, 2.24) is 15.3 Å². The van der Waals surface area contributed by atoms with Crippen LogP contribution in [0.3, 0.4) is 0 Å². The van der Waals surface area contributed by atoms with E-state index in [1.54, 1.807) is 12.5 Å². The highest BCUT2D eigenvalue weighted by atomic mass is 16.4. The maximum absolute atomic E-state index is 11.1. The van der Waals surface area contributed by atoms with Gasteiger partial charge >= 0.3 is 5.97 Å². The Morgan fingerprint density at radius 1 is 1.44 bits per heavy atom. The molecule has 0 radical (unpaired) electrons. The summed E-state index contributed by atoms with van der Waals surface area (Å²) in [5, 5.41) is 12.2. The average Bonchev–Trinajstić information content (AvgIpc) is 2.84. The molecule has 18 heavy (non-hydrogen) atoms. The molecule has 1 rings (SSSR count). The van der Waals surface area contributed by atoms with Crippen molar-refractivity contribution in [3.63, 3.8) is 0 Å². The summed E-state index contributed by atoms with van der Waals surface area (Å²) >= 11 is 0. The number of unbranched alkanes of at least 4 members (excludes halogenated alkanes) is 4. The maximum Gasteiger partial charge on any atom is 0.321 e. The van der Waals surface area contributed by atoms with Crippen molar-refractivity contribution in [2.75, 3.05) is 6.54 Å². The van der Waals surface area contributed by atoms with Gasteiger partial charge in [-0.3, -0.25) is 4.79 Å². The van der Waals surface area contributed by atoms with E-state index in [1.165, 1.54) is 19.3 Å². The summed E-state index contributed by atoms with van der Waals surface area (Å²) in [6.07, 6.45) is 9.60. The minimum atomic E-state index is -0.807. The first kappa shape index (κ1) is 14.7. The largest absolute Gasteiger partial charge is 0.480 e. The predicted molar refractivity (Wildman–Crippen MR) is 70.5 cm³/mol. The summed E-state index contributed by atoms with van der Waals surface area (Å²) in [5.74, 6) is -0.807. The highest BCUT2D eigenvalue weighted by molar-refractivity contribution is 5.73. The van der Waals surface area contributed by atoms with Crippen LogP contribution in [0, 0.1) is 0 Å². The van der Waals surface area contributed by atoms with Crippen molar-refractivity contribution in [1.29, 1.82) is 0 Å². The van der Waals surface area contributed by atoms with E-state index in [2.05, 4.69) is 22.2 Å². The van der Waals surface area contributed by atoms with Gasteiger partial charge in [0.2, 0.25) is 0 Å². The van der Waals surface area contributed by atoms with Crippen LogP contribution < -0.4 is 5.32 Å². The summed E-state index contributed by atoms with van der Waals surface area (Å²) in [6, 6.07) is -0.531. The summed E-state index contributed by atoms with van der Waals surface area (Å²) in [4.78, 5) is 17.9. The molecule has 0 unspecified atom stereocenters. The van der Waals surface area contributed by atoms with Gasteiger partial charge in [0.15, 0.2) is 0 Å². The van der Waals surface area contributed by atoms with Crippen LogP contribution >= 0.6 is 0 Å². The number of nitrogens with zero attached hydrogens (tertiary/aromatic N) is 1. The third kappa shape index (κ3) is 5.82. The highest BCUT2D eigenvalue weighted by Gasteiger charge is 2.17. The monoisotopic (exact) mass is 253 g/mol. The molecule has 0 saturated carbocycles. The minimum absolute atomic E-state index is 0.449. The lowest BCUT2D eigenvalue weighted by atomic mass is 10.1. The summed E-state index contributed by atoms with van der Waals surface area (Å²) in [7, 11) is 0. The Labute approximate surface area is 108 Å². The summed E-state index contributed by atoms with van der Waals surface area (Å²) in [5.41, 5.74) is 0.848. The molecule has 1 aromatic rings. The first-order valence-corrected chi connectivity index (χ1v) is 6.67. The standard InChI is InChI=1S/C13H23N3O2/c1-2-3-4-5-6-7-15-12(13(17)18)8-11-9-14-10-16-11/h9-10,12,15H,2-8H2,1H3,(H,14,16)(H,17,18)/t12-/m0/s1. The fourth-order valence-corrected chi connectivity index (χ4v) is 1.87. The lowest BCUT2D eigenvalue weighted by molar-refractivity contribution is -0.139. The van der Waals surface area contributed by atoms with Gasteiger partial charge in [-0.2, -0.15) is 0 Å². The van der Waals surface area contributed by atoms with Crippen LogP contribution in [0.25, 0.3) is 0 Å². The molecule has 0 aliphatic rings. The van der Waals surface area contributed by atoms with Crippen LogP contribution in [0.15, 0.2) is 12.5 Å². The van der Waals surface area contributed by atoms with E-state index < -0.39 is 12.0 Å². The average molecular weight is 253 g/mol. The van der Waals surface area contributed by atoms with E-state index >= 15 is 0 Å². The van der Waals surface area contributed by atoms with Crippen LogP contribution in [0.5, 0.6) is 0 Å². The molecule has 1 aromatic heterocycles. The van der Waals surface area contributed by atoms with Crippen LogP contribution in [0.2, 0.25) is 0 Å². The van der Waals surface area contributed by atoms with Gasteiger partial charge in [0, 0.05) is 18.3 Å². The second-order valence-corrected chi connectivity index (χ2v) is 4.54. The summed E-state index contributed by atoms with van der Waals surface area (Å²) < 4.78 is 0. The van der Waals surface area contributed by atoms with E-state index in [1.807, 2.05) is 0 Å². The first-order valence-electron chi connectivity index (χ1n) is 6.67. The minimum Gasteiger partial charge on any atom is -0.480 e. The third-order valence-corrected chi connectivity index (χ3v) is 2.95. The van der Waals surface area contributed by atoms with Gasteiger partial charge in [-0.15, -0.1) is 0 Å². The number of hydrogen-bond acceptors (Lipinski definition) is 3. The Hall–Kier alpha value is -1.36. The second-order valence-electron chi connectivity index (χ2n) is 4.54. The zero-order valence-corrected chi connectivity index (χ0v) is 11.0. The maximum atomic E-state index is 11.1. The SMILES string of the molecule is CCCCCCCN[C@@H](Cc1cnc[nH]1)C(=O)O. The molecule has 0 aliphatic heterocycles. The Morgan fingerprint density at radius 2 is 2.22 bits per heavy atom. The van der Waals surface area contributed by atoms with Crippen molar-refractivity contribution >= 4 is 5.97 Å². The Bertz CT molecular complexity index is 325. The van der Waals surface area contributed by atoms with Crippen molar-refractivity contribution < 1.29 is 9.90 Å². The van der Waals surface area contributed by atoms with Gasteiger partial charge in [-0.1, -0.05) is 32.6 Å². The van der Waals surface area contributed by atoms with E-state index in [0.717, 1.165) is 25.1 Å². The fourth-order valence-electron chi connectivity index (χ4n) is 1.87. The molecule has 0 bridgehead atoms. The van der Waals surface area contributed by atoms with Gasteiger partial charge in [-0.25, -0.2) is 4.98 Å². The number of aromatic nitrogens is 2. The number of imidazole rings is 1. The van der Waals surface area contributed by atoms with E-state index in [9.17, 15) is 4.79 Å². The number of carbonyl (C=O) groups is 1. The second kappa shape index (κ2) is 8.69. The Kier molecular flexibility index (Phi) is 7.10. The van der Waals surface area contributed by atoms with E-state index in [-0.39, 0.29) is 0 Å². The topological polar surface area (TPSA) is 78.0 Å². The normalized spacial score (nSPS) is 12.5. The van der Waals surface area contributed by atoms with Gasteiger partial charge in [0.05, 0.1) is 6.33 Å². The lowest BCUT2D eigenvalue weighted by Crippen LogP contribution is -2.39. The van der Waals surface area contributed by atoms with Crippen molar-refractivity contribution in [2.45, 2.75) is 51.5 Å². The number of carboxylic acid groups (broad SMARTS) is 1. The van der Waals surface area contributed by atoms with Crippen LogP contribution in [-0.2, 0) is 11.2 Å². The Morgan fingerprint density at radius 3 is 2.83 bits per heavy atom. The number of carboxylic acids is 1. The molecule has 1 heterocycles. The lowest BCUT2D eigenvalue weighted by Gasteiger charge is -2.13. The van der Waals surface area contributed by atoms with Gasteiger partial charge in [0.1, 0.15) is 6.04 Å². The molecule has 0 aromatic carbocycles. The quantitative estimate of drug-likeness (QED) is 0.557. The highest BCUT2D eigenvalue weighted by Crippen LogP contribution is 2.03. The van der Waals surface area contributed by atoms with Crippen molar-refractivity contribution in [2.24, 2.45) is 0 Å². The van der Waals surface area contributed by atoms with Crippen molar-refractivity contribution in [3.05, 3.63) is 18.2 Å². The van der Waals surface area contributed by atoms with Crippen LogP contribution in [0.4, 0.5) is 0 Å². The molecule has 0 aliphatic carbocycles. The number of aromatic amines is 1. The summed E-state index contributed by atoms with van der Waals surface area (Å²) in [6.45, 7) is 2.94. The molecular weight excluding hydrogens is 230 g/mol.